The standard InChI is InChI=1S/C17H26ClFN2O2S/c1-12(2)21-9-7-16(20-8-4-10-24(3,22)23)17(21)13-5-6-14(18)15(19)11-13/h5-6,11-12,16-17,20H,4,7-10H2,1-3H3/t16-,17+/m0/s1. The quantitative estimate of drug-likeness (QED) is 0.743. The van der Waals surface area contributed by atoms with E-state index in [9.17, 15) is 12.8 Å². The molecule has 2 rings (SSSR count). The maximum atomic E-state index is 13.9. The Labute approximate surface area is 149 Å². The summed E-state index contributed by atoms with van der Waals surface area (Å²) in [6, 6.07) is 5.57. The molecule has 0 spiro atoms. The molecular weight excluding hydrogens is 351 g/mol. The Morgan fingerprint density at radius 1 is 1.42 bits per heavy atom. The molecule has 4 nitrogen and oxygen atoms in total. The molecule has 1 fully saturated rings. The van der Waals surface area contributed by atoms with Gasteiger partial charge in [-0.1, -0.05) is 17.7 Å². The number of likely N-dealkylation sites (tertiary alicyclic amines) is 1. The lowest BCUT2D eigenvalue weighted by Crippen LogP contribution is -2.39. The maximum Gasteiger partial charge on any atom is 0.147 e. The number of benzene rings is 1. The van der Waals surface area contributed by atoms with E-state index in [0.717, 1.165) is 18.5 Å². The smallest absolute Gasteiger partial charge is 0.147 e. The summed E-state index contributed by atoms with van der Waals surface area (Å²) in [7, 11) is -2.93. The first-order chi connectivity index (χ1) is 11.2. The lowest BCUT2D eigenvalue weighted by Gasteiger charge is -2.32. The monoisotopic (exact) mass is 376 g/mol. The van der Waals surface area contributed by atoms with Crippen LogP contribution in [0.25, 0.3) is 0 Å². The second kappa shape index (κ2) is 8.13. The Kier molecular flexibility index (Phi) is 6.65. The molecule has 1 heterocycles. The van der Waals surface area contributed by atoms with Gasteiger partial charge in [-0.3, -0.25) is 4.90 Å². The summed E-state index contributed by atoms with van der Waals surface area (Å²) in [6.07, 6.45) is 2.78. The van der Waals surface area contributed by atoms with Crippen LogP contribution in [-0.2, 0) is 9.84 Å². The van der Waals surface area contributed by atoms with Crippen molar-refractivity contribution in [1.82, 2.24) is 10.2 Å². The maximum absolute atomic E-state index is 13.9. The van der Waals surface area contributed by atoms with Gasteiger partial charge in [-0.2, -0.15) is 0 Å². The van der Waals surface area contributed by atoms with Gasteiger partial charge in [0.05, 0.1) is 16.8 Å². The fraction of sp³-hybridized carbons (Fsp3) is 0.647. The Morgan fingerprint density at radius 2 is 2.12 bits per heavy atom. The third kappa shape index (κ3) is 5.15. The Bertz CT molecular complexity index is 667. The van der Waals surface area contributed by atoms with E-state index in [0.29, 0.717) is 19.0 Å². The Hall–Kier alpha value is -0.690. The third-order valence-corrected chi connectivity index (χ3v) is 5.82. The minimum Gasteiger partial charge on any atom is -0.312 e. The highest BCUT2D eigenvalue weighted by atomic mass is 35.5. The van der Waals surface area contributed by atoms with Gasteiger partial charge in [0.2, 0.25) is 0 Å². The van der Waals surface area contributed by atoms with Crippen molar-refractivity contribution in [2.45, 2.75) is 44.8 Å². The van der Waals surface area contributed by atoms with Crippen molar-refractivity contribution in [3.8, 4) is 0 Å². The molecule has 1 aromatic rings. The predicted molar refractivity (Wildman–Crippen MR) is 96.7 cm³/mol. The molecule has 1 N–H and O–H groups in total. The number of nitrogens with zero attached hydrogens (tertiary/aromatic N) is 1. The van der Waals surface area contributed by atoms with Crippen molar-refractivity contribution in [2.75, 3.05) is 25.1 Å². The van der Waals surface area contributed by atoms with E-state index in [2.05, 4.69) is 24.1 Å². The molecular formula is C17H26ClFN2O2S. The van der Waals surface area contributed by atoms with Crippen molar-refractivity contribution in [2.24, 2.45) is 0 Å². The van der Waals surface area contributed by atoms with Crippen LogP contribution < -0.4 is 5.32 Å². The van der Waals surface area contributed by atoms with Gasteiger partial charge in [-0.05, 0) is 50.9 Å². The first kappa shape index (κ1) is 19.6. The minimum absolute atomic E-state index is 0.0648. The highest BCUT2D eigenvalue weighted by molar-refractivity contribution is 7.90. The molecule has 24 heavy (non-hydrogen) atoms. The second-order valence-electron chi connectivity index (χ2n) is 6.78. The number of halogens is 2. The van der Waals surface area contributed by atoms with Gasteiger partial charge in [-0.15, -0.1) is 0 Å². The van der Waals surface area contributed by atoms with Crippen molar-refractivity contribution >= 4 is 21.4 Å². The summed E-state index contributed by atoms with van der Waals surface area (Å²) in [4.78, 5) is 2.34. The first-order valence-corrected chi connectivity index (χ1v) is 10.7. The van der Waals surface area contributed by atoms with E-state index in [1.54, 1.807) is 6.07 Å². The normalized spacial score (nSPS) is 22.4. The molecule has 0 bridgehead atoms. The second-order valence-corrected chi connectivity index (χ2v) is 9.45. The van der Waals surface area contributed by atoms with Gasteiger partial charge in [0.1, 0.15) is 15.7 Å². The summed E-state index contributed by atoms with van der Waals surface area (Å²) >= 11 is 5.81. The Balaban J connectivity index is 2.10. The van der Waals surface area contributed by atoms with Crippen LogP contribution in [-0.4, -0.2) is 50.5 Å². The summed E-state index contributed by atoms with van der Waals surface area (Å²) in [5, 5.41) is 3.59. The van der Waals surface area contributed by atoms with Crippen LogP contribution in [0.15, 0.2) is 18.2 Å². The molecule has 0 saturated carbocycles. The summed E-state index contributed by atoms with van der Waals surface area (Å²) in [6.45, 7) is 5.82. The molecule has 0 unspecified atom stereocenters. The SMILES string of the molecule is CC(C)N1CC[C@H](NCCCS(C)(=O)=O)[C@H]1c1ccc(Cl)c(F)c1. The van der Waals surface area contributed by atoms with E-state index in [-0.39, 0.29) is 22.9 Å². The molecule has 1 aliphatic rings. The molecule has 2 atom stereocenters. The van der Waals surface area contributed by atoms with Crippen LogP contribution in [0.3, 0.4) is 0 Å². The lowest BCUT2D eigenvalue weighted by molar-refractivity contribution is 0.190. The molecule has 1 aromatic carbocycles. The zero-order valence-corrected chi connectivity index (χ0v) is 16.0. The average molecular weight is 377 g/mol. The minimum atomic E-state index is -2.93. The number of hydrogen-bond donors (Lipinski definition) is 1. The molecule has 0 radical (unpaired) electrons. The van der Waals surface area contributed by atoms with Crippen LogP contribution in [0.5, 0.6) is 0 Å². The largest absolute Gasteiger partial charge is 0.312 e. The number of nitrogens with one attached hydrogen (secondary N) is 1. The zero-order valence-electron chi connectivity index (χ0n) is 14.4. The fourth-order valence-corrected chi connectivity index (χ4v) is 4.14. The van der Waals surface area contributed by atoms with Gasteiger partial charge >= 0.3 is 0 Å². The lowest BCUT2D eigenvalue weighted by atomic mass is 9.99. The van der Waals surface area contributed by atoms with Gasteiger partial charge in [0.25, 0.3) is 0 Å². The van der Waals surface area contributed by atoms with Gasteiger partial charge in [-0.25, -0.2) is 12.8 Å². The van der Waals surface area contributed by atoms with Crippen molar-refractivity contribution in [3.63, 3.8) is 0 Å². The van der Waals surface area contributed by atoms with Gasteiger partial charge < -0.3 is 5.32 Å². The fourth-order valence-electron chi connectivity index (χ4n) is 3.35. The van der Waals surface area contributed by atoms with E-state index in [1.165, 1.54) is 12.3 Å². The molecule has 0 amide bonds. The van der Waals surface area contributed by atoms with Gasteiger partial charge in [0, 0.05) is 24.9 Å². The number of rotatable bonds is 7. The Morgan fingerprint density at radius 3 is 2.71 bits per heavy atom. The van der Waals surface area contributed by atoms with Crippen LogP contribution in [0.2, 0.25) is 5.02 Å². The molecule has 0 aromatic heterocycles. The van der Waals surface area contributed by atoms with Crippen LogP contribution >= 0.6 is 11.6 Å². The van der Waals surface area contributed by atoms with E-state index >= 15 is 0 Å². The number of hydrogen-bond acceptors (Lipinski definition) is 4. The van der Waals surface area contributed by atoms with E-state index in [4.69, 9.17) is 11.6 Å². The van der Waals surface area contributed by atoms with Crippen LogP contribution in [0, 0.1) is 5.82 Å². The summed E-state index contributed by atoms with van der Waals surface area (Å²) in [5.41, 5.74) is 0.906. The third-order valence-electron chi connectivity index (χ3n) is 4.48. The molecule has 136 valence electrons. The predicted octanol–water partition coefficient (Wildman–Crippen LogP) is 3.03. The molecule has 7 heteroatoms. The average Bonchev–Trinajstić information content (AvgIpc) is 2.89. The molecule has 0 aliphatic carbocycles. The van der Waals surface area contributed by atoms with Crippen LogP contribution in [0.4, 0.5) is 4.39 Å². The van der Waals surface area contributed by atoms with E-state index < -0.39 is 15.7 Å². The highest BCUT2D eigenvalue weighted by Crippen LogP contribution is 2.35. The van der Waals surface area contributed by atoms with E-state index in [1.807, 2.05) is 6.07 Å². The first-order valence-electron chi connectivity index (χ1n) is 8.31. The van der Waals surface area contributed by atoms with Crippen molar-refractivity contribution in [1.29, 1.82) is 0 Å². The molecule has 1 aliphatic heterocycles. The molecule has 1 saturated heterocycles. The van der Waals surface area contributed by atoms with Gasteiger partial charge in [0.15, 0.2) is 0 Å². The van der Waals surface area contributed by atoms with Crippen molar-refractivity contribution < 1.29 is 12.8 Å². The summed E-state index contributed by atoms with van der Waals surface area (Å²) < 4.78 is 36.4. The number of sulfone groups is 1. The van der Waals surface area contributed by atoms with Crippen molar-refractivity contribution in [3.05, 3.63) is 34.6 Å². The van der Waals surface area contributed by atoms with Crippen LogP contribution in [0.1, 0.15) is 38.3 Å². The highest BCUT2D eigenvalue weighted by Gasteiger charge is 2.36. The topological polar surface area (TPSA) is 49.4 Å². The zero-order chi connectivity index (χ0) is 17.9. The summed E-state index contributed by atoms with van der Waals surface area (Å²) in [5.74, 6) is -0.221.